The Bertz CT molecular complexity index is 1240. The minimum atomic E-state index is -1.78. The van der Waals surface area contributed by atoms with Gasteiger partial charge in [0.1, 0.15) is 16.3 Å². The van der Waals surface area contributed by atoms with E-state index in [9.17, 15) is 14.1 Å². The molecule has 3 aromatic rings. The van der Waals surface area contributed by atoms with Gasteiger partial charge < -0.3 is 15.2 Å². The van der Waals surface area contributed by atoms with Gasteiger partial charge in [-0.25, -0.2) is 13.9 Å². The molecule has 0 saturated heterocycles. The molecule has 0 amide bonds. The zero-order valence-electron chi connectivity index (χ0n) is 17.2. The first-order chi connectivity index (χ1) is 14.9. The predicted molar refractivity (Wildman–Crippen MR) is 120 cm³/mol. The number of aryl methyl sites for hydroxylation is 1. The number of rotatable bonds is 6. The summed E-state index contributed by atoms with van der Waals surface area (Å²) in [7, 11) is -0.264. The molecule has 11 heteroatoms. The van der Waals surface area contributed by atoms with Gasteiger partial charge in [-0.2, -0.15) is 9.50 Å². The van der Waals surface area contributed by atoms with Crippen LogP contribution in [0, 0.1) is 5.92 Å². The third-order valence-corrected chi connectivity index (χ3v) is 6.57. The van der Waals surface area contributed by atoms with E-state index in [1.165, 1.54) is 23.1 Å². The van der Waals surface area contributed by atoms with E-state index < -0.39 is 16.5 Å². The number of nitrogens with zero attached hydrogens (tertiary/aromatic N) is 4. The number of aromatic nitrogens is 3. The highest BCUT2D eigenvalue weighted by atomic mass is 32.2. The molecule has 0 radical (unpaired) electrons. The summed E-state index contributed by atoms with van der Waals surface area (Å²) >= 11 is 1.29. The lowest BCUT2D eigenvalue weighted by molar-refractivity contribution is 0.413. The van der Waals surface area contributed by atoms with E-state index in [0.29, 0.717) is 33.8 Å². The van der Waals surface area contributed by atoms with Crippen LogP contribution in [0.25, 0.3) is 10.7 Å². The Kier molecular flexibility index (Phi) is 5.88. The summed E-state index contributed by atoms with van der Waals surface area (Å²) in [5.41, 5.74) is 0.103. The van der Waals surface area contributed by atoms with Gasteiger partial charge in [-0.1, -0.05) is 13.8 Å². The first kappa shape index (κ1) is 21.2. The van der Waals surface area contributed by atoms with Gasteiger partial charge in [0.25, 0.3) is 5.56 Å². The summed E-state index contributed by atoms with van der Waals surface area (Å²) < 4.78 is 23.4. The second-order valence-electron chi connectivity index (χ2n) is 7.30. The summed E-state index contributed by atoms with van der Waals surface area (Å²) in [6.07, 6.45) is 2.32. The fourth-order valence-corrected chi connectivity index (χ4v) is 4.61. The molecular weight excluding hydrogens is 438 g/mol. The number of amidine groups is 1. The van der Waals surface area contributed by atoms with Crippen LogP contribution in [0.2, 0.25) is 0 Å². The average molecular weight is 460 g/mol. The molecule has 1 aromatic carbocycles. The van der Waals surface area contributed by atoms with Crippen molar-refractivity contribution in [1.82, 2.24) is 14.8 Å². The van der Waals surface area contributed by atoms with Crippen molar-refractivity contribution in [1.29, 1.82) is 0 Å². The standard InChI is InChI=1S/C20H21N5O4S2/c1-11(2)6-8-25-20(27)15(17(26)16(23-25)19-21-7-9-30-19)18-22-13-5-4-12(29-3)10-14(13)31(28)24-18/h4-5,7,9-11,26H,6,8H2,1-3H3,(H,22,24). The maximum absolute atomic E-state index is 13.2. The molecule has 0 spiro atoms. The number of aromatic hydroxyl groups is 1. The molecular formula is C20H21N5O4S2. The van der Waals surface area contributed by atoms with E-state index in [1.54, 1.807) is 29.8 Å². The largest absolute Gasteiger partial charge is 0.505 e. The fraction of sp³-hybridized carbons (Fsp3) is 0.300. The van der Waals surface area contributed by atoms with Crippen molar-refractivity contribution in [2.75, 3.05) is 12.4 Å². The second kappa shape index (κ2) is 8.60. The van der Waals surface area contributed by atoms with E-state index in [2.05, 4.69) is 33.6 Å². The molecule has 1 aliphatic rings. The van der Waals surface area contributed by atoms with E-state index >= 15 is 0 Å². The van der Waals surface area contributed by atoms with Gasteiger partial charge in [-0.15, -0.1) is 11.3 Å². The Morgan fingerprint density at radius 2 is 2.16 bits per heavy atom. The monoisotopic (exact) mass is 459 g/mol. The summed E-state index contributed by atoms with van der Waals surface area (Å²) in [5.74, 6) is 0.577. The highest BCUT2D eigenvalue weighted by molar-refractivity contribution is 7.84. The number of fused-ring (bicyclic) bond motifs is 1. The first-order valence-electron chi connectivity index (χ1n) is 9.59. The van der Waals surface area contributed by atoms with E-state index in [4.69, 9.17) is 4.74 Å². The summed E-state index contributed by atoms with van der Waals surface area (Å²) in [6.45, 7) is 4.47. The molecule has 0 saturated carbocycles. The lowest BCUT2D eigenvalue weighted by Gasteiger charge is -2.20. The van der Waals surface area contributed by atoms with Crippen LogP contribution >= 0.6 is 11.3 Å². The second-order valence-corrected chi connectivity index (χ2v) is 9.31. The molecule has 0 bridgehead atoms. The molecule has 4 rings (SSSR count). The lowest BCUT2D eigenvalue weighted by atomic mass is 10.1. The average Bonchev–Trinajstić information content (AvgIpc) is 3.27. The van der Waals surface area contributed by atoms with E-state index in [-0.39, 0.29) is 22.8 Å². The van der Waals surface area contributed by atoms with E-state index in [0.717, 1.165) is 6.42 Å². The predicted octanol–water partition coefficient (Wildman–Crippen LogP) is 3.02. The highest BCUT2D eigenvalue weighted by Gasteiger charge is 2.28. The molecule has 1 atom stereocenters. The number of thiazole rings is 1. The van der Waals surface area contributed by atoms with Gasteiger partial charge in [0.2, 0.25) is 0 Å². The zero-order valence-corrected chi connectivity index (χ0v) is 18.8. The maximum Gasteiger partial charge on any atom is 0.281 e. The van der Waals surface area contributed by atoms with Gasteiger partial charge in [-0.3, -0.25) is 4.79 Å². The van der Waals surface area contributed by atoms with Crippen LogP contribution in [0.3, 0.4) is 0 Å². The van der Waals surface area contributed by atoms with Crippen molar-refractivity contribution in [2.24, 2.45) is 10.3 Å². The summed E-state index contributed by atoms with van der Waals surface area (Å²) in [4.78, 5) is 17.9. The molecule has 1 aliphatic heterocycles. The van der Waals surface area contributed by atoms with Crippen LogP contribution < -0.4 is 15.6 Å². The van der Waals surface area contributed by atoms with Gasteiger partial charge in [0, 0.05) is 24.2 Å². The number of methoxy groups -OCH3 is 1. The van der Waals surface area contributed by atoms with Gasteiger partial charge >= 0.3 is 0 Å². The van der Waals surface area contributed by atoms with Crippen LogP contribution in [-0.2, 0) is 17.5 Å². The molecule has 162 valence electrons. The quantitative estimate of drug-likeness (QED) is 0.581. The Hall–Kier alpha value is -3.05. The number of hydrogen-bond acceptors (Lipinski definition) is 8. The number of ether oxygens (including phenoxy) is 1. The molecule has 0 aliphatic carbocycles. The number of anilines is 1. The SMILES string of the molecule is COc1ccc2c(c1)S(=O)N=C(c1c(O)c(-c3nccs3)nn(CCC(C)C)c1=O)N2. The van der Waals surface area contributed by atoms with Gasteiger partial charge in [-0.05, 0) is 24.5 Å². The Morgan fingerprint density at radius 3 is 2.84 bits per heavy atom. The number of hydrogen-bond donors (Lipinski definition) is 2. The van der Waals surface area contributed by atoms with E-state index in [1.807, 2.05) is 0 Å². The summed E-state index contributed by atoms with van der Waals surface area (Å²) in [6, 6.07) is 5.02. The first-order valence-corrected chi connectivity index (χ1v) is 11.6. The maximum atomic E-state index is 13.2. The van der Waals surface area contributed by atoms with Crippen LogP contribution in [-0.4, -0.2) is 37.0 Å². The van der Waals surface area contributed by atoms with Gasteiger partial charge in [0.05, 0.1) is 17.7 Å². The third kappa shape index (κ3) is 4.10. The zero-order chi connectivity index (χ0) is 22.1. The van der Waals surface area contributed by atoms with Crippen molar-refractivity contribution >= 4 is 33.8 Å². The number of nitrogens with one attached hydrogen (secondary N) is 1. The van der Waals surface area contributed by atoms with Crippen molar-refractivity contribution in [3.63, 3.8) is 0 Å². The molecule has 9 nitrogen and oxygen atoms in total. The Labute approximate surface area is 185 Å². The molecule has 31 heavy (non-hydrogen) atoms. The van der Waals surface area contributed by atoms with Crippen LogP contribution in [0.1, 0.15) is 25.8 Å². The highest BCUT2D eigenvalue weighted by Crippen LogP contribution is 2.33. The van der Waals surface area contributed by atoms with Crippen molar-refractivity contribution in [3.8, 4) is 22.2 Å². The van der Waals surface area contributed by atoms with Crippen LogP contribution in [0.15, 0.2) is 43.9 Å². The molecule has 1 unspecified atom stereocenters. The smallest absolute Gasteiger partial charge is 0.281 e. The van der Waals surface area contributed by atoms with Crippen molar-refractivity contribution in [3.05, 3.63) is 45.7 Å². The topological polar surface area (TPSA) is 119 Å². The van der Waals surface area contributed by atoms with Crippen LogP contribution in [0.5, 0.6) is 11.5 Å². The normalized spacial score (nSPS) is 15.4. The van der Waals surface area contributed by atoms with Crippen molar-refractivity contribution < 1.29 is 14.1 Å². The van der Waals surface area contributed by atoms with Gasteiger partial charge in [0.15, 0.2) is 28.3 Å². The minimum absolute atomic E-state index is 0.0250. The molecule has 2 N–H and O–H groups in total. The number of benzene rings is 1. The third-order valence-electron chi connectivity index (χ3n) is 4.72. The van der Waals surface area contributed by atoms with Crippen LogP contribution in [0.4, 0.5) is 5.69 Å². The molecule has 2 aromatic heterocycles. The Morgan fingerprint density at radius 1 is 1.35 bits per heavy atom. The molecule has 0 fully saturated rings. The lowest BCUT2D eigenvalue weighted by Crippen LogP contribution is -2.33. The Balaban J connectivity index is 1.86. The minimum Gasteiger partial charge on any atom is -0.505 e. The van der Waals surface area contributed by atoms with Crippen molar-refractivity contribution in [2.45, 2.75) is 31.7 Å². The fourth-order valence-electron chi connectivity index (χ4n) is 3.06. The molecule has 3 heterocycles. The summed E-state index contributed by atoms with van der Waals surface area (Å²) in [5, 5.41) is 20.6.